The van der Waals surface area contributed by atoms with E-state index in [1.165, 1.54) is 18.2 Å². The van der Waals surface area contributed by atoms with Gasteiger partial charge in [-0.3, -0.25) is 0 Å². The van der Waals surface area contributed by atoms with Crippen molar-refractivity contribution in [2.45, 2.75) is 17.7 Å². The number of benzene rings is 1. The molecule has 0 radical (unpaired) electrons. The topological polar surface area (TPSA) is 46.2 Å². The largest absolute Gasteiger partial charge is 0.240 e. The minimum Gasteiger partial charge on any atom is -0.211 e. The third-order valence-electron chi connectivity index (χ3n) is 3.08. The molecule has 3 nitrogen and oxygen atoms in total. The maximum Gasteiger partial charge on any atom is 0.240 e. The molecule has 1 aliphatic rings. The normalized spacial score (nSPS) is 17.7. The molecule has 0 unspecified atom stereocenters. The molecule has 1 aliphatic carbocycles. The molecule has 0 bridgehead atoms. The Morgan fingerprint density at radius 1 is 1.28 bits per heavy atom. The van der Waals surface area contributed by atoms with Crippen molar-refractivity contribution in [3.8, 4) is 0 Å². The lowest BCUT2D eigenvalue weighted by molar-refractivity contribution is 0.538. The third-order valence-corrected chi connectivity index (χ3v) is 6.41. The molecule has 0 saturated heterocycles. The van der Waals surface area contributed by atoms with Crippen LogP contribution in [0, 0.1) is 5.41 Å². The lowest BCUT2D eigenvalue weighted by Crippen LogP contribution is -2.31. The number of hydrogen-bond donors (Lipinski definition) is 1. The van der Waals surface area contributed by atoms with E-state index >= 15 is 0 Å². The Hall–Kier alpha value is 0.190. The monoisotopic (exact) mass is 371 g/mol. The van der Waals surface area contributed by atoms with E-state index in [9.17, 15) is 8.42 Å². The molecule has 0 spiro atoms. The Morgan fingerprint density at radius 2 is 1.94 bits per heavy atom. The van der Waals surface area contributed by atoms with E-state index in [4.69, 9.17) is 23.2 Å². The first-order chi connectivity index (χ1) is 8.38. The molecule has 1 aromatic carbocycles. The highest BCUT2D eigenvalue weighted by Crippen LogP contribution is 2.46. The highest BCUT2D eigenvalue weighted by molar-refractivity contribution is 9.09. The van der Waals surface area contributed by atoms with Crippen LogP contribution >= 0.6 is 39.1 Å². The second kappa shape index (κ2) is 5.29. The van der Waals surface area contributed by atoms with Crippen molar-refractivity contribution >= 4 is 49.2 Å². The first-order valence-electron chi connectivity index (χ1n) is 5.39. The van der Waals surface area contributed by atoms with Gasteiger partial charge >= 0.3 is 0 Å². The van der Waals surface area contributed by atoms with Gasteiger partial charge in [-0.15, -0.1) is 0 Å². The van der Waals surface area contributed by atoms with Gasteiger partial charge in [0.05, 0.1) is 14.9 Å². The Morgan fingerprint density at radius 3 is 2.44 bits per heavy atom. The molecule has 18 heavy (non-hydrogen) atoms. The van der Waals surface area contributed by atoms with Crippen LogP contribution in [0.3, 0.4) is 0 Å². The molecule has 0 atom stereocenters. The van der Waals surface area contributed by atoms with Gasteiger partial charge in [-0.2, -0.15) is 0 Å². The zero-order chi connectivity index (χ0) is 13.4. The number of alkyl halides is 1. The number of halogens is 3. The van der Waals surface area contributed by atoms with Gasteiger partial charge in [-0.05, 0) is 36.5 Å². The summed E-state index contributed by atoms with van der Waals surface area (Å²) in [5, 5.41) is 1.39. The molecule has 0 aromatic heterocycles. The Balaban J connectivity index is 2.13. The van der Waals surface area contributed by atoms with Crippen molar-refractivity contribution in [1.29, 1.82) is 0 Å². The van der Waals surface area contributed by atoms with Gasteiger partial charge < -0.3 is 0 Å². The fraction of sp³-hybridized carbons (Fsp3) is 0.455. The van der Waals surface area contributed by atoms with Crippen molar-refractivity contribution in [3.63, 3.8) is 0 Å². The Labute approximate surface area is 125 Å². The van der Waals surface area contributed by atoms with Crippen LogP contribution in [0.4, 0.5) is 0 Å². The van der Waals surface area contributed by atoms with Crippen molar-refractivity contribution in [3.05, 3.63) is 28.2 Å². The summed E-state index contributed by atoms with van der Waals surface area (Å²) in [4.78, 5) is 0.141. The first-order valence-corrected chi connectivity index (χ1v) is 8.75. The SMILES string of the molecule is O=S(=O)(NCC1(CBr)CC1)c1ccc(Cl)c(Cl)c1. The molecule has 2 rings (SSSR count). The first kappa shape index (κ1) is 14.6. The summed E-state index contributed by atoms with van der Waals surface area (Å²) in [7, 11) is -3.52. The van der Waals surface area contributed by atoms with Gasteiger partial charge in [0.15, 0.2) is 0 Å². The Bertz CT molecular complexity index is 558. The van der Waals surface area contributed by atoms with Crippen LogP contribution in [0.2, 0.25) is 10.0 Å². The lowest BCUT2D eigenvalue weighted by Gasteiger charge is -2.13. The maximum atomic E-state index is 12.1. The van der Waals surface area contributed by atoms with E-state index < -0.39 is 10.0 Å². The van der Waals surface area contributed by atoms with Crippen molar-refractivity contribution in [1.82, 2.24) is 4.72 Å². The van der Waals surface area contributed by atoms with Crippen LogP contribution in [0.25, 0.3) is 0 Å². The molecule has 0 amide bonds. The summed E-state index contributed by atoms with van der Waals surface area (Å²) < 4.78 is 26.7. The average Bonchev–Trinajstić information content (AvgIpc) is 3.11. The van der Waals surface area contributed by atoms with E-state index in [1.54, 1.807) is 0 Å². The van der Waals surface area contributed by atoms with Gasteiger partial charge in [0.2, 0.25) is 10.0 Å². The fourth-order valence-corrected chi connectivity index (χ4v) is 3.81. The second-order valence-corrected chi connectivity index (χ2v) is 7.68. The van der Waals surface area contributed by atoms with Gasteiger partial charge in [0.1, 0.15) is 0 Å². The van der Waals surface area contributed by atoms with Gasteiger partial charge in [0.25, 0.3) is 0 Å². The Kier molecular flexibility index (Phi) is 4.29. The summed E-state index contributed by atoms with van der Waals surface area (Å²) in [6.07, 6.45) is 2.09. The van der Waals surface area contributed by atoms with Crippen LogP contribution in [0.5, 0.6) is 0 Å². The minimum atomic E-state index is -3.52. The smallest absolute Gasteiger partial charge is 0.211 e. The number of sulfonamides is 1. The minimum absolute atomic E-state index is 0.0866. The predicted molar refractivity (Wildman–Crippen MR) is 77.1 cm³/mol. The summed E-state index contributed by atoms with van der Waals surface area (Å²) in [6, 6.07) is 4.29. The van der Waals surface area contributed by atoms with Gasteiger partial charge in [-0.25, -0.2) is 13.1 Å². The summed E-state index contributed by atoms with van der Waals surface area (Å²) in [5.41, 5.74) is 0.0866. The van der Waals surface area contributed by atoms with Gasteiger partial charge in [-0.1, -0.05) is 39.1 Å². The zero-order valence-electron chi connectivity index (χ0n) is 9.42. The van der Waals surface area contributed by atoms with E-state index in [0.29, 0.717) is 11.6 Å². The molecule has 1 aromatic rings. The van der Waals surface area contributed by atoms with E-state index in [0.717, 1.165) is 18.2 Å². The highest BCUT2D eigenvalue weighted by atomic mass is 79.9. The highest BCUT2D eigenvalue weighted by Gasteiger charge is 2.42. The molecule has 1 N–H and O–H groups in total. The number of hydrogen-bond acceptors (Lipinski definition) is 2. The van der Waals surface area contributed by atoms with Crippen molar-refractivity contribution < 1.29 is 8.42 Å². The maximum absolute atomic E-state index is 12.1. The second-order valence-electron chi connectivity index (χ2n) is 4.53. The average molecular weight is 373 g/mol. The van der Waals surface area contributed by atoms with E-state index in [1.807, 2.05) is 0 Å². The number of nitrogens with one attached hydrogen (secondary N) is 1. The molecule has 100 valence electrons. The summed E-state index contributed by atoms with van der Waals surface area (Å²) >= 11 is 15.0. The predicted octanol–water partition coefficient (Wildman–Crippen LogP) is 3.45. The number of rotatable bonds is 5. The quantitative estimate of drug-likeness (QED) is 0.804. The molecule has 1 saturated carbocycles. The third kappa shape index (κ3) is 3.20. The summed E-state index contributed by atoms with van der Waals surface area (Å²) in [6.45, 7) is 0.445. The van der Waals surface area contributed by atoms with Crippen molar-refractivity contribution in [2.24, 2.45) is 5.41 Å². The fourth-order valence-electron chi connectivity index (χ4n) is 1.51. The molecule has 7 heteroatoms. The summed E-state index contributed by atoms with van der Waals surface area (Å²) in [5.74, 6) is 0. The van der Waals surface area contributed by atoms with Crippen molar-refractivity contribution in [2.75, 3.05) is 11.9 Å². The van der Waals surface area contributed by atoms with Crippen LogP contribution < -0.4 is 4.72 Å². The molecule has 1 fully saturated rings. The molecule has 0 heterocycles. The molecular weight excluding hydrogens is 361 g/mol. The van der Waals surface area contributed by atoms with Crippen LogP contribution in [0.15, 0.2) is 23.1 Å². The molecular formula is C11H12BrCl2NO2S. The van der Waals surface area contributed by atoms with Crippen LogP contribution in [-0.4, -0.2) is 20.3 Å². The standard InChI is InChI=1S/C11H12BrCl2NO2S/c12-6-11(3-4-11)7-15-18(16,17)8-1-2-9(13)10(14)5-8/h1-2,5,15H,3-4,6-7H2. The zero-order valence-corrected chi connectivity index (χ0v) is 13.3. The molecule has 0 aliphatic heterocycles. The van der Waals surface area contributed by atoms with Gasteiger partial charge in [0, 0.05) is 11.9 Å². The lowest BCUT2D eigenvalue weighted by atomic mass is 10.1. The van der Waals surface area contributed by atoms with E-state index in [-0.39, 0.29) is 15.3 Å². The van der Waals surface area contributed by atoms with E-state index in [2.05, 4.69) is 20.7 Å². The van der Waals surface area contributed by atoms with Crippen LogP contribution in [0.1, 0.15) is 12.8 Å². The van der Waals surface area contributed by atoms with Crippen LogP contribution in [-0.2, 0) is 10.0 Å².